The summed E-state index contributed by atoms with van der Waals surface area (Å²) in [6, 6.07) is 20.8. The predicted molar refractivity (Wildman–Crippen MR) is 102 cm³/mol. The molecule has 0 radical (unpaired) electrons. The Morgan fingerprint density at radius 2 is 1.69 bits per heavy atom. The molecule has 1 N–H and O–H groups in total. The van der Waals surface area contributed by atoms with Crippen molar-refractivity contribution >= 4 is 23.2 Å². The van der Waals surface area contributed by atoms with Gasteiger partial charge in [0.25, 0.3) is 5.91 Å². The molecule has 3 aromatic rings. The number of carbonyl (C=O) groups excluding carboxylic acids is 1. The topological polar surface area (TPSA) is 38.3 Å². The fourth-order valence-corrected chi connectivity index (χ4v) is 2.65. The summed E-state index contributed by atoms with van der Waals surface area (Å²) in [4.78, 5) is 12.2. The molecule has 0 unspecified atom stereocenters. The second-order valence-corrected chi connectivity index (χ2v) is 6.17. The van der Waals surface area contributed by atoms with Crippen LogP contribution in [0.15, 0.2) is 72.8 Å². The normalized spacial score (nSPS) is 11.7. The Balaban J connectivity index is 1.68. The average molecular weight is 370 g/mol. The third kappa shape index (κ3) is 4.41. The van der Waals surface area contributed by atoms with E-state index in [9.17, 15) is 9.18 Å². The van der Waals surface area contributed by atoms with Crippen molar-refractivity contribution in [1.82, 2.24) is 0 Å². The number of benzene rings is 3. The number of halogens is 2. The summed E-state index contributed by atoms with van der Waals surface area (Å²) in [5.41, 5.74) is 2.51. The molecular formula is C21H17ClFNO2. The summed E-state index contributed by atoms with van der Waals surface area (Å²) in [6.45, 7) is 1.63. The van der Waals surface area contributed by atoms with Gasteiger partial charge in [0.05, 0.1) is 5.02 Å². The first-order valence-electron chi connectivity index (χ1n) is 8.11. The van der Waals surface area contributed by atoms with E-state index in [0.29, 0.717) is 16.5 Å². The quantitative estimate of drug-likeness (QED) is 0.640. The Kier molecular flexibility index (Phi) is 5.54. The van der Waals surface area contributed by atoms with Crippen molar-refractivity contribution < 1.29 is 13.9 Å². The number of nitrogens with one attached hydrogen (secondary N) is 1. The van der Waals surface area contributed by atoms with Gasteiger partial charge in [0.15, 0.2) is 6.10 Å². The van der Waals surface area contributed by atoms with Crippen LogP contribution in [-0.2, 0) is 4.79 Å². The predicted octanol–water partition coefficient (Wildman–Crippen LogP) is 5.55. The van der Waals surface area contributed by atoms with Crippen LogP contribution in [0.3, 0.4) is 0 Å². The number of rotatable bonds is 5. The summed E-state index contributed by atoms with van der Waals surface area (Å²) >= 11 is 6.31. The van der Waals surface area contributed by atoms with Crippen molar-refractivity contribution in [2.24, 2.45) is 0 Å². The van der Waals surface area contributed by atoms with E-state index < -0.39 is 6.10 Å². The third-order valence-electron chi connectivity index (χ3n) is 3.82. The Morgan fingerprint density at radius 1 is 1.00 bits per heavy atom. The second kappa shape index (κ2) is 8.02. The monoisotopic (exact) mass is 369 g/mol. The average Bonchev–Trinajstić information content (AvgIpc) is 2.66. The van der Waals surface area contributed by atoms with E-state index in [4.69, 9.17) is 16.3 Å². The molecule has 0 aliphatic carbocycles. The van der Waals surface area contributed by atoms with Crippen molar-refractivity contribution in [3.05, 3.63) is 83.6 Å². The van der Waals surface area contributed by atoms with Gasteiger partial charge >= 0.3 is 0 Å². The van der Waals surface area contributed by atoms with Crippen molar-refractivity contribution in [3.8, 4) is 16.9 Å². The number of amides is 1. The highest BCUT2D eigenvalue weighted by atomic mass is 35.5. The van der Waals surface area contributed by atoms with Crippen LogP contribution < -0.4 is 10.1 Å². The van der Waals surface area contributed by atoms with Gasteiger partial charge in [-0.3, -0.25) is 4.79 Å². The maximum Gasteiger partial charge on any atom is 0.265 e. The van der Waals surface area contributed by atoms with Gasteiger partial charge in [-0.1, -0.05) is 48.0 Å². The minimum Gasteiger partial charge on any atom is -0.479 e. The van der Waals surface area contributed by atoms with E-state index >= 15 is 0 Å². The van der Waals surface area contributed by atoms with Gasteiger partial charge in [0, 0.05) is 5.69 Å². The zero-order valence-electron chi connectivity index (χ0n) is 14.1. The molecule has 0 bridgehead atoms. The molecule has 132 valence electrons. The molecule has 0 aliphatic rings. The molecule has 1 amide bonds. The lowest BCUT2D eigenvalue weighted by Crippen LogP contribution is -2.30. The molecule has 5 heteroatoms. The van der Waals surface area contributed by atoms with Crippen molar-refractivity contribution in [2.75, 3.05) is 5.32 Å². The van der Waals surface area contributed by atoms with Gasteiger partial charge in [-0.2, -0.15) is 0 Å². The van der Waals surface area contributed by atoms with Crippen molar-refractivity contribution in [2.45, 2.75) is 13.0 Å². The van der Waals surface area contributed by atoms with Gasteiger partial charge in [0.1, 0.15) is 11.6 Å². The van der Waals surface area contributed by atoms with Gasteiger partial charge in [0.2, 0.25) is 0 Å². The summed E-state index contributed by atoms with van der Waals surface area (Å²) in [5, 5.41) is 3.10. The molecule has 0 spiro atoms. The van der Waals surface area contributed by atoms with Crippen molar-refractivity contribution in [3.63, 3.8) is 0 Å². The molecule has 1 atom stereocenters. The van der Waals surface area contributed by atoms with Crippen molar-refractivity contribution in [1.29, 1.82) is 0 Å². The highest BCUT2D eigenvalue weighted by molar-refractivity contribution is 6.32. The molecular weight excluding hydrogens is 353 g/mol. The van der Waals surface area contributed by atoms with Crippen LogP contribution in [-0.4, -0.2) is 12.0 Å². The van der Waals surface area contributed by atoms with Gasteiger partial charge < -0.3 is 10.1 Å². The van der Waals surface area contributed by atoms with E-state index in [0.717, 1.165) is 11.1 Å². The lowest BCUT2D eigenvalue weighted by Gasteiger charge is -2.16. The third-order valence-corrected chi connectivity index (χ3v) is 4.12. The number of hydrogen-bond donors (Lipinski definition) is 1. The number of hydrogen-bond acceptors (Lipinski definition) is 2. The lowest BCUT2D eigenvalue weighted by molar-refractivity contribution is -0.122. The van der Waals surface area contributed by atoms with Gasteiger partial charge in [-0.15, -0.1) is 0 Å². The maximum absolute atomic E-state index is 12.9. The zero-order valence-corrected chi connectivity index (χ0v) is 14.8. The molecule has 3 rings (SSSR count). The van der Waals surface area contributed by atoms with Crippen LogP contribution in [0.5, 0.6) is 5.75 Å². The first-order valence-corrected chi connectivity index (χ1v) is 8.49. The summed E-state index contributed by atoms with van der Waals surface area (Å²) < 4.78 is 18.6. The zero-order chi connectivity index (χ0) is 18.5. The Morgan fingerprint density at radius 3 is 2.35 bits per heavy atom. The molecule has 0 saturated carbocycles. The number of anilines is 1. The van der Waals surface area contributed by atoms with E-state index in [1.165, 1.54) is 24.3 Å². The minimum atomic E-state index is -0.764. The number of ether oxygens (including phenoxy) is 1. The fourth-order valence-electron chi connectivity index (χ4n) is 2.43. The van der Waals surface area contributed by atoms with Crippen LogP contribution in [0.2, 0.25) is 5.02 Å². The molecule has 0 aromatic heterocycles. The minimum absolute atomic E-state index is 0.347. The lowest BCUT2D eigenvalue weighted by atomic mass is 10.1. The van der Waals surface area contributed by atoms with E-state index in [1.807, 2.05) is 36.4 Å². The van der Waals surface area contributed by atoms with Crippen LogP contribution >= 0.6 is 11.6 Å². The standard InChI is InChI=1S/C21H17ClFNO2/c1-14(21(25)24-18-10-8-17(23)9-11-18)26-20-12-7-16(13-19(20)22)15-5-3-2-4-6-15/h2-14H,1H3,(H,24,25)/t14-/m0/s1. The van der Waals surface area contributed by atoms with Crippen LogP contribution in [0.1, 0.15) is 6.92 Å². The van der Waals surface area contributed by atoms with Crippen LogP contribution in [0, 0.1) is 5.82 Å². The largest absolute Gasteiger partial charge is 0.479 e. The van der Waals surface area contributed by atoms with Crippen LogP contribution in [0.4, 0.5) is 10.1 Å². The highest BCUT2D eigenvalue weighted by Gasteiger charge is 2.16. The molecule has 0 aliphatic heterocycles. The molecule has 3 nitrogen and oxygen atoms in total. The summed E-state index contributed by atoms with van der Waals surface area (Å²) in [7, 11) is 0. The van der Waals surface area contributed by atoms with E-state index in [2.05, 4.69) is 5.32 Å². The SMILES string of the molecule is C[C@H](Oc1ccc(-c2ccccc2)cc1Cl)C(=O)Nc1ccc(F)cc1. The summed E-state index contributed by atoms with van der Waals surface area (Å²) in [5.74, 6) is -0.287. The number of carbonyl (C=O) groups is 1. The Bertz CT molecular complexity index is 898. The molecule has 26 heavy (non-hydrogen) atoms. The Hall–Kier alpha value is -2.85. The first kappa shape index (κ1) is 18.0. The second-order valence-electron chi connectivity index (χ2n) is 5.77. The Labute approximate surface area is 156 Å². The molecule has 0 heterocycles. The van der Waals surface area contributed by atoms with Gasteiger partial charge in [-0.05, 0) is 54.4 Å². The van der Waals surface area contributed by atoms with E-state index in [1.54, 1.807) is 19.1 Å². The highest BCUT2D eigenvalue weighted by Crippen LogP contribution is 2.31. The smallest absolute Gasteiger partial charge is 0.265 e. The first-order chi connectivity index (χ1) is 12.5. The maximum atomic E-state index is 12.9. The van der Waals surface area contributed by atoms with Crippen LogP contribution in [0.25, 0.3) is 11.1 Å². The summed E-state index contributed by atoms with van der Waals surface area (Å²) in [6.07, 6.45) is -0.764. The van der Waals surface area contributed by atoms with E-state index in [-0.39, 0.29) is 11.7 Å². The fraction of sp³-hybridized carbons (Fsp3) is 0.0952. The van der Waals surface area contributed by atoms with Gasteiger partial charge in [-0.25, -0.2) is 4.39 Å². The molecule has 0 saturated heterocycles. The molecule has 0 fully saturated rings. The molecule has 3 aromatic carbocycles.